The number of nitrogens with one attached hydrogen (secondary N) is 1. The van der Waals surface area contributed by atoms with E-state index >= 15 is 0 Å². The van der Waals surface area contributed by atoms with Crippen LogP contribution >= 0.6 is 0 Å². The number of ether oxygens (including phenoxy) is 1. The summed E-state index contributed by atoms with van der Waals surface area (Å²) in [5.74, 6) is -0.0362. The molecule has 0 radical (unpaired) electrons. The average Bonchev–Trinajstić information content (AvgIpc) is 2.46. The largest absolute Gasteiger partial charge is 0.494 e. The summed E-state index contributed by atoms with van der Waals surface area (Å²) in [6.07, 6.45) is 4.18. The van der Waals surface area contributed by atoms with Crippen LogP contribution in [0, 0.1) is 5.82 Å². The van der Waals surface area contributed by atoms with Crippen molar-refractivity contribution >= 4 is 0 Å². The Bertz CT molecular complexity index is 531. The summed E-state index contributed by atoms with van der Waals surface area (Å²) in [7, 11) is 3.30. The molecule has 1 unspecified atom stereocenters. The lowest BCUT2D eigenvalue weighted by Gasteiger charge is -2.18. The van der Waals surface area contributed by atoms with Crippen molar-refractivity contribution < 1.29 is 9.13 Å². The van der Waals surface area contributed by atoms with Crippen molar-refractivity contribution in [2.45, 2.75) is 12.5 Å². The third-order valence-electron chi connectivity index (χ3n) is 3.13. The minimum atomic E-state index is -0.307. The first-order chi connectivity index (χ1) is 9.26. The lowest BCUT2D eigenvalue weighted by Crippen LogP contribution is -2.20. The Balaban J connectivity index is 2.27. The highest BCUT2D eigenvalue weighted by atomic mass is 19.1. The van der Waals surface area contributed by atoms with E-state index in [-0.39, 0.29) is 17.6 Å². The van der Waals surface area contributed by atoms with Gasteiger partial charge >= 0.3 is 0 Å². The Labute approximate surface area is 112 Å². The van der Waals surface area contributed by atoms with Crippen LogP contribution in [0.25, 0.3) is 0 Å². The van der Waals surface area contributed by atoms with Gasteiger partial charge in [-0.2, -0.15) is 0 Å². The fraction of sp³-hybridized carbons (Fsp3) is 0.267. The van der Waals surface area contributed by atoms with E-state index in [4.69, 9.17) is 4.74 Å². The van der Waals surface area contributed by atoms with Crippen LogP contribution in [0.3, 0.4) is 0 Å². The summed E-state index contributed by atoms with van der Waals surface area (Å²) in [5.41, 5.74) is 1.72. The number of pyridine rings is 1. The predicted molar refractivity (Wildman–Crippen MR) is 72.7 cm³/mol. The second-order valence-corrected chi connectivity index (χ2v) is 4.26. The van der Waals surface area contributed by atoms with E-state index in [0.29, 0.717) is 12.0 Å². The van der Waals surface area contributed by atoms with Gasteiger partial charge in [0.15, 0.2) is 11.6 Å². The van der Waals surface area contributed by atoms with Crippen molar-refractivity contribution in [3.63, 3.8) is 0 Å². The smallest absolute Gasteiger partial charge is 0.169 e. The van der Waals surface area contributed by atoms with Crippen LogP contribution < -0.4 is 10.1 Å². The Morgan fingerprint density at radius 2 is 2.00 bits per heavy atom. The highest BCUT2D eigenvalue weighted by Crippen LogP contribution is 2.26. The second kappa shape index (κ2) is 6.29. The number of hydrogen-bond acceptors (Lipinski definition) is 3. The SMILES string of the molecule is CNC(Cc1ccncc1)c1cccc(OC)c1F. The van der Waals surface area contributed by atoms with E-state index in [2.05, 4.69) is 10.3 Å². The molecule has 100 valence electrons. The normalized spacial score (nSPS) is 12.2. The van der Waals surface area contributed by atoms with Gasteiger partial charge in [-0.25, -0.2) is 4.39 Å². The summed E-state index contributed by atoms with van der Waals surface area (Å²) in [4.78, 5) is 3.98. The fourth-order valence-electron chi connectivity index (χ4n) is 2.08. The van der Waals surface area contributed by atoms with Gasteiger partial charge in [-0.05, 0) is 37.2 Å². The minimum absolute atomic E-state index is 0.0995. The Morgan fingerprint density at radius 3 is 2.63 bits per heavy atom. The van der Waals surface area contributed by atoms with Crippen LogP contribution in [0.4, 0.5) is 4.39 Å². The number of methoxy groups -OCH3 is 1. The Morgan fingerprint density at radius 1 is 1.26 bits per heavy atom. The molecule has 2 rings (SSSR count). The summed E-state index contributed by atoms with van der Waals surface area (Å²) in [6, 6.07) is 8.97. The molecular weight excluding hydrogens is 243 g/mol. The first kappa shape index (κ1) is 13.5. The topological polar surface area (TPSA) is 34.2 Å². The fourth-order valence-corrected chi connectivity index (χ4v) is 2.08. The van der Waals surface area contributed by atoms with Crippen LogP contribution in [0.2, 0.25) is 0 Å². The highest BCUT2D eigenvalue weighted by Gasteiger charge is 2.17. The van der Waals surface area contributed by atoms with E-state index in [0.717, 1.165) is 5.56 Å². The van der Waals surface area contributed by atoms with E-state index in [1.807, 2.05) is 19.2 Å². The molecule has 1 atom stereocenters. The summed E-state index contributed by atoms with van der Waals surface area (Å²) < 4.78 is 19.3. The number of rotatable bonds is 5. The molecule has 1 aromatic heterocycles. The monoisotopic (exact) mass is 260 g/mol. The van der Waals surface area contributed by atoms with Crippen molar-refractivity contribution in [2.75, 3.05) is 14.2 Å². The zero-order valence-electron chi connectivity index (χ0n) is 11.1. The number of hydrogen-bond donors (Lipinski definition) is 1. The molecule has 1 aromatic carbocycles. The Kier molecular flexibility index (Phi) is 4.47. The van der Waals surface area contributed by atoms with Gasteiger partial charge in [0.05, 0.1) is 7.11 Å². The quantitative estimate of drug-likeness (QED) is 0.897. The molecule has 0 bridgehead atoms. The molecule has 19 heavy (non-hydrogen) atoms. The zero-order chi connectivity index (χ0) is 13.7. The summed E-state index contributed by atoms with van der Waals surface area (Å²) >= 11 is 0. The molecule has 2 aromatic rings. The molecule has 4 heteroatoms. The van der Waals surface area contributed by atoms with E-state index in [1.54, 1.807) is 30.6 Å². The Hall–Kier alpha value is -1.94. The maximum Gasteiger partial charge on any atom is 0.169 e. The molecule has 0 saturated carbocycles. The first-order valence-corrected chi connectivity index (χ1v) is 6.14. The first-order valence-electron chi connectivity index (χ1n) is 6.14. The lowest BCUT2D eigenvalue weighted by atomic mass is 9.99. The lowest BCUT2D eigenvalue weighted by molar-refractivity contribution is 0.380. The van der Waals surface area contributed by atoms with Crippen molar-refractivity contribution in [2.24, 2.45) is 0 Å². The average molecular weight is 260 g/mol. The van der Waals surface area contributed by atoms with E-state index in [9.17, 15) is 4.39 Å². The van der Waals surface area contributed by atoms with Crippen molar-refractivity contribution in [3.05, 3.63) is 59.7 Å². The maximum atomic E-state index is 14.2. The minimum Gasteiger partial charge on any atom is -0.494 e. The predicted octanol–water partition coefficient (Wildman–Crippen LogP) is 2.73. The molecule has 1 heterocycles. The van der Waals surface area contributed by atoms with Crippen LogP contribution in [-0.2, 0) is 6.42 Å². The van der Waals surface area contributed by atoms with E-state index in [1.165, 1.54) is 7.11 Å². The third kappa shape index (κ3) is 3.09. The van der Waals surface area contributed by atoms with Crippen molar-refractivity contribution in [1.29, 1.82) is 0 Å². The van der Waals surface area contributed by atoms with Gasteiger partial charge < -0.3 is 10.1 Å². The molecule has 1 N–H and O–H groups in total. The van der Waals surface area contributed by atoms with Crippen molar-refractivity contribution in [1.82, 2.24) is 10.3 Å². The van der Waals surface area contributed by atoms with Gasteiger partial charge in [0, 0.05) is 24.0 Å². The number of nitrogens with zero attached hydrogens (tertiary/aromatic N) is 1. The van der Waals surface area contributed by atoms with Gasteiger partial charge in [0.1, 0.15) is 0 Å². The van der Waals surface area contributed by atoms with Crippen LogP contribution in [0.1, 0.15) is 17.2 Å². The van der Waals surface area contributed by atoms with Gasteiger partial charge in [-0.15, -0.1) is 0 Å². The van der Waals surface area contributed by atoms with E-state index < -0.39 is 0 Å². The molecule has 0 aliphatic heterocycles. The molecule has 0 aliphatic rings. The van der Waals surface area contributed by atoms with Crippen LogP contribution in [0.5, 0.6) is 5.75 Å². The van der Waals surface area contributed by atoms with Gasteiger partial charge in [0.2, 0.25) is 0 Å². The third-order valence-corrected chi connectivity index (χ3v) is 3.13. The molecule has 3 nitrogen and oxygen atoms in total. The summed E-state index contributed by atoms with van der Waals surface area (Å²) in [5, 5.41) is 3.14. The number of aromatic nitrogens is 1. The van der Waals surface area contributed by atoms with Gasteiger partial charge in [0.25, 0.3) is 0 Å². The number of benzene rings is 1. The molecular formula is C15H17FN2O. The summed E-state index contributed by atoms with van der Waals surface area (Å²) in [6.45, 7) is 0. The standard InChI is InChI=1S/C15H17FN2O/c1-17-13(10-11-6-8-18-9-7-11)12-4-3-5-14(19-2)15(12)16/h3-9,13,17H,10H2,1-2H3. The van der Waals surface area contributed by atoms with Crippen LogP contribution in [0.15, 0.2) is 42.7 Å². The molecule has 0 saturated heterocycles. The van der Waals surface area contributed by atoms with Crippen molar-refractivity contribution in [3.8, 4) is 5.75 Å². The van der Waals surface area contributed by atoms with Gasteiger partial charge in [-0.1, -0.05) is 12.1 Å². The number of likely N-dealkylation sites (N-methyl/N-ethyl adjacent to an activating group) is 1. The molecule has 0 fully saturated rings. The van der Waals surface area contributed by atoms with Crippen LogP contribution in [-0.4, -0.2) is 19.1 Å². The molecule has 0 amide bonds. The molecule has 0 aliphatic carbocycles. The number of halogens is 1. The molecule has 0 spiro atoms. The highest BCUT2D eigenvalue weighted by molar-refractivity contribution is 5.34. The maximum absolute atomic E-state index is 14.2. The zero-order valence-corrected chi connectivity index (χ0v) is 11.1. The second-order valence-electron chi connectivity index (χ2n) is 4.26. The van der Waals surface area contributed by atoms with Gasteiger partial charge in [-0.3, -0.25) is 4.98 Å².